The van der Waals surface area contributed by atoms with Crippen LogP contribution in [-0.2, 0) is 10.8 Å². The number of hydrogen-bond donors (Lipinski definition) is 1. The van der Waals surface area contributed by atoms with Crippen LogP contribution in [0.5, 0.6) is 0 Å². The highest BCUT2D eigenvalue weighted by Gasteiger charge is 2.21. The standard InChI is InChI=1S/C14H22.C12H27N.CH4/c1-13(2,3)11-8-7-9-12(10-11)14(4,5)6;1-11(2,3)9-7-8-10(13)12(4,5)6;/h7-10H,1-6H3;10H,7-9,13H2,1-6H3;1H4. The molecule has 1 aromatic carbocycles. The predicted octanol–water partition coefficient (Wildman–Crippen LogP) is 8.49. The van der Waals surface area contributed by atoms with Gasteiger partial charge < -0.3 is 5.73 Å². The molecule has 1 heteroatoms. The van der Waals surface area contributed by atoms with E-state index in [1.807, 2.05) is 0 Å². The van der Waals surface area contributed by atoms with E-state index in [9.17, 15) is 0 Å². The fraction of sp³-hybridized carbons (Fsp3) is 0.778. The van der Waals surface area contributed by atoms with Crippen LogP contribution in [0.4, 0.5) is 0 Å². The molecule has 1 unspecified atom stereocenters. The first kappa shape index (κ1) is 29.4. The van der Waals surface area contributed by atoms with Crippen molar-refractivity contribution >= 4 is 0 Å². The van der Waals surface area contributed by atoms with Gasteiger partial charge in [-0.1, -0.05) is 121 Å². The van der Waals surface area contributed by atoms with Gasteiger partial charge in [0.05, 0.1) is 0 Å². The number of benzene rings is 1. The van der Waals surface area contributed by atoms with Gasteiger partial charge in [-0.25, -0.2) is 0 Å². The van der Waals surface area contributed by atoms with Crippen LogP contribution in [0.1, 0.15) is 121 Å². The Morgan fingerprint density at radius 3 is 1.43 bits per heavy atom. The molecule has 0 fully saturated rings. The summed E-state index contributed by atoms with van der Waals surface area (Å²) in [6, 6.07) is 9.28. The lowest BCUT2D eigenvalue weighted by Crippen LogP contribution is -2.34. The van der Waals surface area contributed by atoms with Crippen LogP contribution < -0.4 is 5.73 Å². The molecular weight excluding hydrogens is 338 g/mol. The second-order valence-corrected chi connectivity index (χ2v) is 12.5. The van der Waals surface area contributed by atoms with Crippen molar-refractivity contribution in [2.24, 2.45) is 16.6 Å². The summed E-state index contributed by atoms with van der Waals surface area (Å²) in [4.78, 5) is 0. The minimum Gasteiger partial charge on any atom is -0.327 e. The fourth-order valence-electron chi connectivity index (χ4n) is 2.74. The van der Waals surface area contributed by atoms with Gasteiger partial charge in [0.15, 0.2) is 0 Å². The molecule has 0 saturated heterocycles. The summed E-state index contributed by atoms with van der Waals surface area (Å²) >= 11 is 0. The summed E-state index contributed by atoms with van der Waals surface area (Å²) in [6.07, 6.45) is 3.68. The molecular formula is C27H53N. The first-order valence-corrected chi connectivity index (χ1v) is 10.7. The monoisotopic (exact) mass is 391 g/mol. The number of rotatable bonds is 3. The molecule has 166 valence electrons. The normalized spacial score (nSPS) is 13.9. The molecule has 0 radical (unpaired) electrons. The molecule has 0 aliphatic carbocycles. The fourth-order valence-corrected chi connectivity index (χ4v) is 2.74. The Morgan fingerprint density at radius 1 is 0.750 bits per heavy atom. The first-order chi connectivity index (χ1) is 11.8. The van der Waals surface area contributed by atoms with Crippen molar-refractivity contribution in [1.29, 1.82) is 0 Å². The second-order valence-electron chi connectivity index (χ2n) is 12.5. The molecule has 1 atom stereocenters. The van der Waals surface area contributed by atoms with Gasteiger partial charge >= 0.3 is 0 Å². The molecule has 1 aromatic rings. The second kappa shape index (κ2) is 10.8. The number of nitrogens with two attached hydrogens (primary N) is 1. The van der Waals surface area contributed by atoms with Gasteiger partial charge in [-0.3, -0.25) is 0 Å². The van der Waals surface area contributed by atoms with E-state index in [1.165, 1.54) is 24.0 Å². The minimum absolute atomic E-state index is 0. The maximum absolute atomic E-state index is 6.08. The zero-order valence-electron chi connectivity index (χ0n) is 20.6. The Balaban J connectivity index is 0. The van der Waals surface area contributed by atoms with E-state index < -0.39 is 0 Å². The predicted molar refractivity (Wildman–Crippen MR) is 131 cm³/mol. The van der Waals surface area contributed by atoms with E-state index in [2.05, 4.69) is 107 Å². The summed E-state index contributed by atoms with van der Waals surface area (Å²) in [7, 11) is 0. The van der Waals surface area contributed by atoms with Gasteiger partial charge in [0.25, 0.3) is 0 Å². The Hall–Kier alpha value is -0.820. The largest absolute Gasteiger partial charge is 0.327 e. The van der Waals surface area contributed by atoms with Gasteiger partial charge in [0.1, 0.15) is 0 Å². The molecule has 0 bridgehead atoms. The third kappa shape index (κ3) is 12.6. The molecule has 28 heavy (non-hydrogen) atoms. The topological polar surface area (TPSA) is 26.0 Å². The van der Waals surface area contributed by atoms with E-state index in [0.717, 1.165) is 6.42 Å². The molecule has 0 amide bonds. The zero-order chi connectivity index (χ0) is 21.7. The molecule has 0 aliphatic heterocycles. The summed E-state index contributed by atoms with van der Waals surface area (Å²) in [5, 5.41) is 0. The quantitative estimate of drug-likeness (QED) is 0.549. The van der Waals surface area contributed by atoms with E-state index in [0.29, 0.717) is 11.5 Å². The van der Waals surface area contributed by atoms with E-state index in [4.69, 9.17) is 5.73 Å². The van der Waals surface area contributed by atoms with Crippen LogP contribution in [0.15, 0.2) is 24.3 Å². The Kier molecular flexibility index (Phi) is 11.3. The van der Waals surface area contributed by atoms with Crippen molar-refractivity contribution in [2.45, 2.75) is 127 Å². The molecule has 0 heterocycles. The third-order valence-corrected chi connectivity index (χ3v) is 5.15. The number of hydrogen-bond acceptors (Lipinski definition) is 1. The van der Waals surface area contributed by atoms with Gasteiger partial charge in [-0.15, -0.1) is 0 Å². The van der Waals surface area contributed by atoms with Crippen LogP contribution in [0, 0.1) is 10.8 Å². The van der Waals surface area contributed by atoms with Crippen molar-refractivity contribution < 1.29 is 0 Å². The molecule has 2 N–H and O–H groups in total. The van der Waals surface area contributed by atoms with Crippen molar-refractivity contribution in [1.82, 2.24) is 0 Å². The minimum atomic E-state index is 0. The van der Waals surface area contributed by atoms with Crippen LogP contribution in [0.3, 0.4) is 0 Å². The van der Waals surface area contributed by atoms with Crippen LogP contribution in [0.2, 0.25) is 0 Å². The zero-order valence-corrected chi connectivity index (χ0v) is 20.6. The van der Waals surface area contributed by atoms with Crippen LogP contribution in [-0.4, -0.2) is 6.04 Å². The highest BCUT2D eigenvalue weighted by atomic mass is 14.7. The van der Waals surface area contributed by atoms with E-state index in [-0.39, 0.29) is 23.7 Å². The Morgan fingerprint density at radius 2 is 1.14 bits per heavy atom. The summed E-state index contributed by atoms with van der Waals surface area (Å²) in [5.41, 5.74) is 10.1. The molecule has 0 aromatic heterocycles. The highest BCUT2D eigenvalue weighted by molar-refractivity contribution is 5.32. The van der Waals surface area contributed by atoms with Crippen molar-refractivity contribution in [2.75, 3.05) is 0 Å². The van der Waals surface area contributed by atoms with Crippen molar-refractivity contribution in [3.63, 3.8) is 0 Å². The molecule has 0 aliphatic rings. The van der Waals surface area contributed by atoms with Crippen molar-refractivity contribution in [3.8, 4) is 0 Å². The van der Waals surface area contributed by atoms with Crippen LogP contribution >= 0.6 is 0 Å². The molecule has 1 rings (SSSR count). The lowest BCUT2D eigenvalue weighted by molar-refractivity contribution is 0.278. The lowest BCUT2D eigenvalue weighted by Gasteiger charge is -2.28. The van der Waals surface area contributed by atoms with Gasteiger partial charge in [-0.05, 0) is 45.6 Å². The smallest absolute Gasteiger partial charge is 0.00876 e. The van der Waals surface area contributed by atoms with Crippen LogP contribution in [0.25, 0.3) is 0 Å². The Bertz CT molecular complexity index is 512. The van der Waals surface area contributed by atoms with Crippen molar-refractivity contribution in [3.05, 3.63) is 35.4 Å². The third-order valence-electron chi connectivity index (χ3n) is 5.15. The molecule has 0 spiro atoms. The van der Waals surface area contributed by atoms with E-state index >= 15 is 0 Å². The first-order valence-electron chi connectivity index (χ1n) is 10.7. The van der Waals surface area contributed by atoms with Gasteiger partial charge in [-0.2, -0.15) is 0 Å². The average molecular weight is 392 g/mol. The maximum atomic E-state index is 6.08. The van der Waals surface area contributed by atoms with Gasteiger partial charge in [0.2, 0.25) is 0 Å². The molecule has 0 saturated carbocycles. The average Bonchev–Trinajstić information content (AvgIpc) is 2.44. The van der Waals surface area contributed by atoms with Gasteiger partial charge in [0, 0.05) is 6.04 Å². The molecule has 1 nitrogen and oxygen atoms in total. The SMILES string of the molecule is C.CC(C)(C)CCCC(N)C(C)(C)C.CC(C)(C)c1cccc(C(C)(C)C)c1. The maximum Gasteiger partial charge on any atom is 0.00876 e. The summed E-state index contributed by atoms with van der Waals surface area (Å²) in [5.74, 6) is 0. The summed E-state index contributed by atoms with van der Waals surface area (Å²) in [6.45, 7) is 27.1. The lowest BCUT2D eigenvalue weighted by atomic mass is 9.81. The highest BCUT2D eigenvalue weighted by Crippen LogP contribution is 2.28. The van der Waals surface area contributed by atoms with E-state index in [1.54, 1.807) is 0 Å². The summed E-state index contributed by atoms with van der Waals surface area (Å²) < 4.78 is 0. The Labute approximate surface area is 178 Å².